The minimum atomic E-state index is -0.495. The van der Waals surface area contributed by atoms with Crippen molar-refractivity contribution >= 4 is 33.2 Å². The normalized spacial score (nSPS) is 19.6. The first-order valence-corrected chi connectivity index (χ1v) is 7.82. The van der Waals surface area contributed by atoms with Crippen LogP contribution in [0.15, 0.2) is 9.85 Å². The van der Waals surface area contributed by atoms with Gasteiger partial charge in [-0.15, -0.1) is 11.3 Å². The fraction of sp³-hybridized carbons (Fsp3) is 0.615. The summed E-state index contributed by atoms with van der Waals surface area (Å²) >= 11 is 5.37. The van der Waals surface area contributed by atoms with E-state index in [1.54, 1.807) is 0 Å². The van der Waals surface area contributed by atoms with Gasteiger partial charge in [-0.05, 0) is 60.7 Å². The Morgan fingerprint density at radius 2 is 2.39 bits per heavy atom. The van der Waals surface area contributed by atoms with Gasteiger partial charge in [0, 0.05) is 17.5 Å². The van der Waals surface area contributed by atoms with Gasteiger partial charge >= 0.3 is 0 Å². The van der Waals surface area contributed by atoms with E-state index in [-0.39, 0.29) is 5.91 Å². The zero-order valence-corrected chi connectivity index (χ0v) is 13.2. The van der Waals surface area contributed by atoms with Crippen LogP contribution in [-0.4, -0.2) is 12.5 Å². The molecule has 1 heterocycles. The first-order valence-electron chi connectivity index (χ1n) is 6.21. The molecule has 0 saturated carbocycles. The first kappa shape index (κ1) is 14.0. The zero-order chi connectivity index (χ0) is 13.3. The second kappa shape index (κ2) is 5.31. The van der Waals surface area contributed by atoms with Gasteiger partial charge in [-0.1, -0.05) is 0 Å². The van der Waals surface area contributed by atoms with Crippen LogP contribution in [0.25, 0.3) is 0 Å². The third-order valence-corrected chi connectivity index (χ3v) is 5.25. The fourth-order valence-electron chi connectivity index (χ4n) is 2.20. The fourth-order valence-corrected chi connectivity index (χ4v) is 4.02. The standard InChI is InChI=1S/C13H19BrN2OS/c1-13(2,12(15)17)7-16-9-4-3-5-10-8(9)6-11(14)18-10/h6,9,16H,3-5,7H2,1-2H3,(H2,15,17). The second-order valence-electron chi connectivity index (χ2n) is 5.50. The third-order valence-electron chi connectivity index (χ3n) is 3.54. The number of nitrogens with one attached hydrogen (secondary N) is 1. The van der Waals surface area contributed by atoms with E-state index in [2.05, 4.69) is 27.3 Å². The Kier molecular flexibility index (Phi) is 4.14. The number of nitrogens with two attached hydrogens (primary N) is 1. The molecule has 0 aliphatic heterocycles. The summed E-state index contributed by atoms with van der Waals surface area (Å²) < 4.78 is 1.19. The molecule has 1 amide bonds. The molecule has 0 bridgehead atoms. The minimum Gasteiger partial charge on any atom is -0.369 e. The molecule has 3 nitrogen and oxygen atoms in total. The summed E-state index contributed by atoms with van der Waals surface area (Å²) in [6, 6.07) is 2.56. The number of hydrogen-bond acceptors (Lipinski definition) is 3. The van der Waals surface area contributed by atoms with E-state index in [4.69, 9.17) is 5.73 Å². The van der Waals surface area contributed by atoms with Crippen molar-refractivity contribution < 1.29 is 4.79 Å². The van der Waals surface area contributed by atoms with Gasteiger partial charge in [-0.2, -0.15) is 0 Å². The van der Waals surface area contributed by atoms with Crippen LogP contribution >= 0.6 is 27.3 Å². The van der Waals surface area contributed by atoms with Crippen LogP contribution in [0, 0.1) is 5.41 Å². The maximum atomic E-state index is 11.3. The summed E-state index contributed by atoms with van der Waals surface area (Å²) in [5, 5.41) is 3.50. The van der Waals surface area contributed by atoms with E-state index >= 15 is 0 Å². The highest BCUT2D eigenvalue weighted by molar-refractivity contribution is 9.11. The van der Waals surface area contributed by atoms with Crippen LogP contribution in [0.5, 0.6) is 0 Å². The monoisotopic (exact) mass is 330 g/mol. The van der Waals surface area contributed by atoms with Crippen LogP contribution < -0.4 is 11.1 Å². The molecule has 0 spiro atoms. The number of aryl methyl sites for hydroxylation is 1. The van der Waals surface area contributed by atoms with Crippen LogP contribution in [0.1, 0.15) is 43.2 Å². The number of rotatable bonds is 4. The van der Waals surface area contributed by atoms with Crippen LogP contribution in [0.2, 0.25) is 0 Å². The maximum absolute atomic E-state index is 11.3. The van der Waals surface area contributed by atoms with Crippen LogP contribution in [0.3, 0.4) is 0 Å². The van der Waals surface area contributed by atoms with Gasteiger partial charge in [-0.3, -0.25) is 4.79 Å². The molecule has 1 aromatic heterocycles. The smallest absolute Gasteiger partial charge is 0.224 e. The third kappa shape index (κ3) is 2.95. The van der Waals surface area contributed by atoms with E-state index in [0.717, 1.165) is 6.42 Å². The number of primary amides is 1. The molecule has 3 N–H and O–H groups in total. The highest BCUT2D eigenvalue weighted by atomic mass is 79.9. The quantitative estimate of drug-likeness (QED) is 0.891. The van der Waals surface area contributed by atoms with E-state index < -0.39 is 5.41 Å². The minimum absolute atomic E-state index is 0.252. The van der Waals surface area contributed by atoms with Gasteiger partial charge < -0.3 is 11.1 Å². The van der Waals surface area contributed by atoms with Gasteiger partial charge in [0.15, 0.2) is 0 Å². The number of thiophene rings is 1. The van der Waals surface area contributed by atoms with Gasteiger partial charge in [0.25, 0.3) is 0 Å². The molecule has 1 aromatic rings. The van der Waals surface area contributed by atoms with Crippen molar-refractivity contribution in [3.63, 3.8) is 0 Å². The molecule has 1 aliphatic rings. The summed E-state index contributed by atoms with van der Waals surface area (Å²) in [7, 11) is 0. The van der Waals surface area contributed by atoms with Crippen LogP contribution in [0.4, 0.5) is 0 Å². The average molecular weight is 331 g/mol. The Bertz CT molecular complexity index is 456. The largest absolute Gasteiger partial charge is 0.369 e. The number of fused-ring (bicyclic) bond motifs is 1. The number of halogens is 1. The van der Waals surface area contributed by atoms with Crippen molar-refractivity contribution in [3.05, 3.63) is 20.3 Å². The lowest BCUT2D eigenvalue weighted by molar-refractivity contribution is -0.125. The molecule has 18 heavy (non-hydrogen) atoms. The lowest BCUT2D eigenvalue weighted by Crippen LogP contribution is -2.42. The van der Waals surface area contributed by atoms with Crippen molar-refractivity contribution in [1.82, 2.24) is 5.32 Å². The molecule has 0 fully saturated rings. The number of hydrogen-bond donors (Lipinski definition) is 2. The summed E-state index contributed by atoms with van der Waals surface area (Å²) in [5.74, 6) is -0.252. The molecular formula is C13H19BrN2OS. The van der Waals surface area contributed by atoms with Crippen molar-refractivity contribution in [1.29, 1.82) is 0 Å². The van der Waals surface area contributed by atoms with E-state index in [9.17, 15) is 4.79 Å². The molecule has 0 aromatic carbocycles. The predicted octanol–water partition coefficient (Wildman–Crippen LogP) is 2.99. The van der Waals surface area contributed by atoms with Gasteiger partial charge in [0.1, 0.15) is 0 Å². The van der Waals surface area contributed by atoms with E-state index in [1.807, 2.05) is 25.2 Å². The van der Waals surface area contributed by atoms with Gasteiger partial charge in [0.05, 0.1) is 9.20 Å². The lowest BCUT2D eigenvalue weighted by Gasteiger charge is -2.28. The van der Waals surface area contributed by atoms with Crippen molar-refractivity contribution in [2.75, 3.05) is 6.54 Å². The summed E-state index contributed by atoms with van der Waals surface area (Å²) in [4.78, 5) is 12.8. The Hall–Kier alpha value is -0.390. The van der Waals surface area contributed by atoms with E-state index in [0.29, 0.717) is 12.6 Å². The van der Waals surface area contributed by atoms with Crippen molar-refractivity contribution in [2.45, 2.75) is 39.2 Å². The zero-order valence-electron chi connectivity index (χ0n) is 10.8. The van der Waals surface area contributed by atoms with Crippen molar-refractivity contribution in [2.24, 2.45) is 11.1 Å². The summed E-state index contributed by atoms with van der Waals surface area (Å²) in [6.07, 6.45) is 3.50. The van der Waals surface area contributed by atoms with Crippen molar-refractivity contribution in [3.8, 4) is 0 Å². The number of amides is 1. The number of carbonyl (C=O) groups is 1. The Morgan fingerprint density at radius 3 is 3.06 bits per heavy atom. The maximum Gasteiger partial charge on any atom is 0.224 e. The Balaban J connectivity index is 2.06. The second-order valence-corrected chi connectivity index (χ2v) is 8.02. The molecule has 0 saturated heterocycles. The average Bonchev–Trinajstić information content (AvgIpc) is 2.66. The highest BCUT2D eigenvalue weighted by Crippen LogP contribution is 2.38. The molecule has 1 aliphatic carbocycles. The SMILES string of the molecule is CC(C)(CNC1CCCc2sc(Br)cc21)C(N)=O. The molecular weight excluding hydrogens is 312 g/mol. The first-order chi connectivity index (χ1) is 8.40. The molecule has 0 radical (unpaired) electrons. The Morgan fingerprint density at radius 1 is 1.67 bits per heavy atom. The van der Waals surface area contributed by atoms with E-state index in [1.165, 1.54) is 27.1 Å². The molecule has 1 unspecified atom stereocenters. The number of carbonyl (C=O) groups excluding carboxylic acids is 1. The Labute approximate surface area is 120 Å². The summed E-state index contributed by atoms with van der Waals surface area (Å²) in [5.41, 5.74) is 6.29. The highest BCUT2D eigenvalue weighted by Gasteiger charge is 2.28. The molecule has 100 valence electrons. The summed E-state index contributed by atoms with van der Waals surface area (Å²) in [6.45, 7) is 4.39. The van der Waals surface area contributed by atoms with Crippen LogP contribution in [-0.2, 0) is 11.2 Å². The molecule has 5 heteroatoms. The predicted molar refractivity (Wildman–Crippen MR) is 78.7 cm³/mol. The lowest BCUT2D eigenvalue weighted by atomic mass is 9.89. The molecule has 2 rings (SSSR count). The molecule has 1 atom stereocenters. The van der Waals surface area contributed by atoms with Gasteiger partial charge in [0.2, 0.25) is 5.91 Å². The topological polar surface area (TPSA) is 55.1 Å². The van der Waals surface area contributed by atoms with Gasteiger partial charge in [-0.25, -0.2) is 0 Å².